The molecule has 0 aliphatic heterocycles. The first-order valence-corrected chi connectivity index (χ1v) is 11.3. The number of benzene rings is 2. The van der Waals surface area contributed by atoms with E-state index in [2.05, 4.69) is 73.4 Å². The highest BCUT2D eigenvalue weighted by Gasteiger charge is 2.13. The molecule has 2 heterocycles. The molecule has 1 amide bonds. The van der Waals surface area contributed by atoms with E-state index in [1.54, 1.807) is 11.0 Å². The third-order valence-electron chi connectivity index (χ3n) is 5.26. The van der Waals surface area contributed by atoms with E-state index in [9.17, 15) is 4.79 Å². The average Bonchev–Trinajstić information content (AvgIpc) is 3.41. The van der Waals surface area contributed by atoms with Crippen LogP contribution in [0.3, 0.4) is 0 Å². The number of hydrogen-bond donors (Lipinski definition) is 1. The topological polar surface area (TPSA) is 69.0 Å². The van der Waals surface area contributed by atoms with Crippen molar-refractivity contribution in [3.63, 3.8) is 0 Å². The summed E-state index contributed by atoms with van der Waals surface area (Å²) in [6.45, 7) is 9.26. The number of thiophene rings is 1. The van der Waals surface area contributed by atoms with Gasteiger partial charge in [-0.3, -0.25) is 10.1 Å². The summed E-state index contributed by atoms with van der Waals surface area (Å²) in [5.41, 5.74) is 6.81. The first-order chi connectivity index (χ1) is 15.4. The van der Waals surface area contributed by atoms with E-state index in [0.717, 1.165) is 22.4 Å². The van der Waals surface area contributed by atoms with Crippen LogP contribution in [-0.4, -0.2) is 20.7 Å². The number of carbonyl (C=O) groups is 1. The van der Waals surface area contributed by atoms with Crippen molar-refractivity contribution < 1.29 is 9.53 Å². The van der Waals surface area contributed by atoms with Gasteiger partial charge in [-0.2, -0.15) is 0 Å². The Morgan fingerprint density at radius 3 is 2.59 bits per heavy atom. The molecule has 0 spiro atoms. The molecule has 0 saturated heterocycles. The van der Waals surface area contributed by atoms with Gasteiger partial charge < -0.3 is 4.74 Å². The fourth-order valence-electron chi connectivity index (χ4n) is 3.35. The Hall–Kier alpha value is -3.45. The van der Waals surface area contributed by atoms with Gasteiger partial charge in [0.15, 0.2) is 0 Å². The Morgan fingerprint density at radius 2 is 1.81 bits per heavy atom. The fourth-order valence-corrected chi connectivity index (χ4v) is 4.15. The lowest BCUT2D eigenvalue weighted by atomic mass is 10.1. The zero-order valence-electron chi connectivity index (χ0n) is 18.7. The molecule has 32 heavy (non-hydrogen) atoms. The van der Waals surface area contributed by atoms with Crippen molar-refractivity contribution >= 4 is 23.2 Å². The predicted molar refractivity (Wildman–Crippen MR) is 128 cm³/mol. The minimum atomic E-state index is -0.225. The first kappa shape index (κ1) is 21.8. The van der Waals surface area contributed by atoms with E-state index >= 15 is 0 Å². The molecular weight excluding hydrogens is 420 g/mol. The summed E-state index contributed by atoms with van der Waals surface area (Å²) in [7, 11) is 0. The highest BCUT2D eigenvalue weighted by Crippen LogP contribution is 2.25. The molecule has 2 aromatic heterocycles. The third-order valence-corrected chi connectivity index (χ3v) is 6.24. The second-order valence-electron chi connectivity index (χ2n) is 8.02. The van der Waals surface area contributed by atoms with Gasteiger partial charge in [-0.15, -0.1) is 16.4 Å². The molecule has 0 saturated carbocycles. The Balaban J connectivity index is 1.35. The zero-order chi connectivity index (χ0) is 22.7. The number of ether oxygens (including phenoxy) is 1. The lowest BCUT2D eigenvalue weighted by Gasteiger charge is -2.11. The number of hydrogen-bond acceptors (Lipinski definition) is 5. The molecule has 0 atom stereocenters. The van der Waals surface area contributed by atoms with E-state index in [1.165, 1.54) is 28.0 Å². The second-order valence-corrected chi connectivity index (χ2v) is 8.93. The lowest BCUT2D eigenvalue weighted by molar-refractivity contribution is 0.102. The van der Waals surface area contributed by atoms with Gasteiger partial charge in [-0.1, -0.05) is 35.9 Å². The van der Waals surface area contributed by atoms with Crippen molar-refractivity contribution in [2.24, 2.45) is 0 Å². The van der Waals surface area contributed by atoms with Crippen LogP contribution in [-0.2, 0) is 13.2 Å². The average molecular weight is 447 g/mol. The maximum absolute atomic E-state index is 12.6. The van der Waals surface area contributed by atoms with Crippen LogP contribution in [0.1, 0.15) is 43.1 Å². The molecule has 0 aliphatic carbocycles. The van der Waals surface area contributed by atoms with Gasteiger partial charge in [0.1, 0.15) is 18.7 Å². The van der Waals surface area contributed by atoms with E-state index < -0.39 is 0 Å². The van der Waals surface area contributed by atoms with Crippen molar-refractivity contribution in [3.05, 3.63) is 92.4 Å². The molecule has 7 heteroatoms. The largest absolute Gasteiger partial charge is 0.489 e. The summed E-state index contributed by atoms with van der Waals surface area (Å²) >= 11 is 1.38. The SMILES string of the molecule is Cc1ccc(Cn2cnc(NC(=O)c3cc(COc4cc(C)cc(C)c4C)cs3)n2)cc1. The molecule has 0 aliphatic rings. The zero-order valence-corrected chi connectivity index (χ0v) is 19.5. The molecule has 4 aromatic rings. The lowest BCUT2D eigenvalue weighted by Crippen LogP contribution is -2.12. The monoisotopic (exact) mass is 446 g/mol. The Bertz CT molecular complexity index is 1240. The smallest absolute Gasteiger partial charge is 0.268 e. The molecule has 0 fully saturated rings. The normalized spacial score (nSPS) is 10.9. The standard InChI is InChI=1S/C25H26N4O2S/c1-16-5-7-20(8-6-16)12-29-15-26-25(28-29)27-24(30)23-11-21(14-32-23)13-31-22-10-17(2)9-18(3)19(22)4/h5-11,14-15H,12-13H2,1-4H3,(H,27,28,30). The van der Waals surface area contributed by atoms with Crippen LogP contribution in [0.15, 0.2) is 54.2 Å². The Labute approximate surface area is 191 Å². The van der Waals surface area contributed by atoms with Gasteiger partial charge >= 0.3 is 0 Å². The molecule has 0 unspecified atom stereocenters. The van der Waals surface area contributed by atoms with E-state index in [0.29, 0.717) is 24.0 Å². The number of rotatable bonds is 7. The maximum Gasteiger partial charge on any atom is 0.268 e. The maximum atomic E-state index is 12.6. The number of nitrogens with one attached hydrogen (secondary N) is 1. The molecule has 6 nitrogen and oxygen atoms in total. The molecule has 4 rings (SSSR count). The van der Waals surface area contributed by atoms with Crippen LogP contribution >= 0.6 is 11.3 Å². The second kappa shape index (κ2) is 9.36. The van der Waals surface area contributed by atoms with Crippen LogP contribution in [0.2, 0.25) is 0 Å². The quantitative estimate of drug-likeness (QED) is 0.410. The predicted octanol–water partition coefficient (Wildman–Crippen LogP) is 5.45. The molecule has 164 valence electrons. The van der Waals surface area contributed by atoms with Crippen molar-refractivity contribution in [1.29, 1.82) is 0 Å². The van der Waals surface area contributed by atoms with Gasteiger partial charge in [-0.25, -0.2) is 9.67 Å². The van der Waals surface area contributed by atoms with Gasteiger partial charge in [0, 0.05) is 5.56 Å². The molecule has 0 radical (unpaired) electrons. The van der Waals surface area contributed by atoms with Crippen molar-refractivity contribution in [3.8, 4) is 5.75 Å². The molecular formula is C25H26N4O2S. The first-order valence-electron chi connectivity index (χ1n) is 10.4. The summed E-state index contributed by atoms with van der Waals surface area (Å²) in [5, 5.41) is 9.07. The minimum Gasteiger partial charge on any atom is -0.489 e. The van der Waals surface area contributed by atoms with Crippen molar-refractivity contribution in [1.82, 2.24) is 14.8 Å². The number of aryl methyl sites for hydroxylation is 3. The summed E-state index contributed by atoms with van der Waals surface area (Å²) in [5.74, 6) is 0.944. The van der Waals surface area contributed by atoms with E-state index in [4.69, 9.17) is 4.74 Å². The van der Waals surface area contributed by atoms with Gasteiger partial charge in [0.25, 0.3) is 5.91 Å². The minimum absolute atomic E-state index is 0.225. The molecule has 1 N–H and O–H groups in total. The highest BCUT2D eigenvalue weighted by atomic mass is 32.1. The number of carbonyl (C=O) groups excluding carboxylic acids is 1. The van der Waals surface area contributed by atoms with Crippen LogP contribution in [0.25, 0.3) is 0 Å². The number of anilines is 1. The Morgan fingerprint density at radius 1 is 1.03 bits per heavy atom. The van der Waals surface area contributed by atoms with Crippen molar-refractivity contribution in [2.45, 2.75) is 40.8 Å². The van der Waals surface area contributed by atoms with Crippen LogP contribution in [0.4, 0.5) is 5.95 Å². The summed E-state index contributed by atoms with van der Waals surface area (Å²) in [6.07, 6.45) is 1.62. The Kier molecular flexibility index (Phi) is 6.37. The fraction of sp³-hybridized carbons (Fsp3) is 0.240. The molecule has 0 bridgehead atoms. The van der Waals surface area contributed by atoms with Gasteiger partial charge in [-0.05, 0) is 67.5 Å². The number of aromatic nitrogens is 3. The highest BCUT2D eigenvalue weighted by molar-refractivity contribution is 7.12. The van der Waals surface area contributed by atoms with Crippen LogP contribution in [0, 0.1) is 27.7 Å². The van der Waals surface area contributed by atoms with Crippen LogP contribution in [0.5, 0.6) is 5.75 Å². The van der Waals surface area contributed by atoms with Gasteiger partial charge in [0.2, 0.25) is 5.95 Å². The number of nitrogens with zero attached hydrogens (tertiary/aromatic N) is 3. The summed E-state index contributed by atoms with van der Waals surface area (Å²) in [4.78, 5) is 17.4. The number of amides is 1. The van der Waals surface area contributed by atoms with Crippen LogP contribution < -0.4 is 10.1 Å². The summed E-state index contributed by atoms with van der Waals surface area (Å²) < 4.78 is 7.72. The summed E-state index contributed by atoms with van der Waals surface area (Å²) in [6, 6.07) is 14.3. The van der Waals surface area contributed by atoms with E-state index in [-0.39, 0.29) is 5.91 Å². The van der Waals surface area contributed by atoms with E-state index in [1.807, 2.05) is 17.5 Å². The van der Waals surface area contributed by atoms with Crippen molar-refractivity contribution in [2.75, 3.05) is 5.32 Å². The third kappa shape index (κ3) is 5.23. The van der Waals surface area contributed by atoms with Gasteiger partial charge in [0.05, 0.1) is 11.4 Å². The molecule has 2 aromatic carbocycles.